The first-order chi connectivity index (χ1) is 4.73. The summed E-state index contributed by atoms with van der Waals surface area (Å²) in [5.41, 5.74) is 0. The largest absolute Gasteiger partial charge is 0.598 e. The van der Waals surface area contributed by atoms with Crippen molar-refractivity contribution in [2.24, 2.45) is 0 Å². The molecule has 1 saturated heterocycles. The van der Waals surface area contributed by atoms with Crippen molar-refractivity contribution in [3.63, 3.8) is 0 Å². The molecule has 0 saturated carbocycles. The van der Waals surface area contributed by atoms with Gasteiger partial charge in [-0.05, 0) is 12.5 Å². The summed E-state index contributed by atoms with van der Waals surface area (Å²) < 4.78 is 13.6. The fraction of sp³-hybridized carbons (Fsp3) is 1.00. The summed E-state index contributed by atoms with van der Waals surface area (Å²) in [7, 11) is -2.57. The molecule has 1 heterocycles. The van der Waals surface area contributed by atoms with Crippen LogP contribution >= 0.6 is 8.25 Å². The minimum atomic E-state index is -3.37. The molecule has 0 aromatic carbocycles. The Morgan fingerprint density at radius 2 is 2.00 bits per heavy atom. The Morgan fingerprint density at radius 3 is 2.10 bits per heavy atom. The second-order valence-corrected chi connectivity index (χ2v) is 3.20. The zero-order valence-electron chi connectivity index (χ0n) is 5.41. The topological polar surface area (TPSA) is 72.4 Å². The first-order valence-electron chi connectivity index (χ1n) is 2.89. The van der Waals surface area contributed by atoms with E-state index in [9.17, 15) is 0 Å². The van der Waals surface area contributed by atoms with E-state index in [1.807, 2.05) is 0 Å². The van der Waals surface area contributed by atoms with Crippen molar-refractivity contribution in [3.8, 4) is 0 Å². The van der Waals surface area contributed by atoms with Crippen molar-refractivity contribution in [2.45, 2.75) is 18.9 Å². The van der Waals surface area contributed by atoms with Gasteiger partial charge in [0.2, 0.25) is 9.76 Å². The highest BCUT2D eigenvalue weighted by atomic mass is 31.1. The van der Waals surface area contributed by atoms with Crippen molar-refractivity contribution < 1.29 is 18.8 Å². The molecule has 6 heteroatoms. The zero-order chi connectivity index (χ0) is 7.82. The molecule has 0 N–H and O–H groups in total. The van der Waals surface area contributed by atoms with Crippen molar-refractivity contribution in [3.05, 3.63) is 0 Å². The average Bonchev–Trinajstić information content (AvgIpc) is 1.90. The Labute approximate surface area is 63.1 Å². The summed E-state index contributed by atoms with van der Waals surface area (Å²) in [5.74, 6) is 0. The third kappa shape index (κ3) is 11.1. The van der Waals surface area contributed by atoms with Gasteiger partial charge in [0.15, 0.2) is 0 Å². The van der Waals surface area contributed by atoms with Crippen LogP contribution in [0.15, 0.2) is 0 Å². The van der Waals surface area contributed by atoms with E-state index in [4.69, 9.17) is 18.8 Å². The molecule has 58 valence electrons. The summed E-state index contributed by atoms with van der Waals surface area (Å²) in [6.07, 6.45) is 2.67. The standard InChI is InChI=1S/C4H8OSi.HO3P/c1-2-4-6-5-3-1;1-4(2)3/h1-4H2;(H,1,2,3)/p-1. The molecule has 1 fully saturated rings. The van der Waals surface area contributed by atoms with E-state index in [1.165, 1.54) is 18.9 Å². The molecule has 10 heavy (non-hydrogen) atoms. The predicted octanol–water partition coefficient (Wildman–Crippen LogP) is -0.801. The second-order valence-electron chi connectivity index (χ2n) is 1.67. The number of rotatable bonds is 0. The van der Waals surface area contributed by atoms with Crippen molar-refractivity contribution in [1.29, 1.82) is 0 Å². The molecule has 0 bridgehead atoms. The SMILES string of the molecule is C1CC[Si]OC1.O=[P+]([O-])[O-]. The van der Waals surface area contributed by atoms with Crippen LogP contribution in [0.25, 0.3) is 0 Å². The van der Waals surface area contributed by atoms with Gasteiger partial charge < -0.3 is 14.2 Å². The van der Waals surface area contributed by atoms with Gasteiger partial charge >= 0.3 is 0 Å². The summed E-state index contributed by atoms with van der Waals surface area (Å²) in [4.78, 5) is 17.0. The quantitative estimate of drug-likeness (QED) is 0.360. The Morgan fingerprint density at radius 1 is 1.40 bits per heavy atom. The van der Waals surface area contributed by atoms with Gasteiger partial charge in [-0.25, -0.2) is 0 Å². The lowest BCUT2D eigenvalue weighted by Crippen LogP contribution is -2.06. The van der Waals surface area contributed by atoms with Crippen molar-refractivity contribution in [1.82, 2.24) is 0 Å². The summed E-state index contributed by atoms with van der Waals surface area (Å²) in [5, 5.41) is 0. The van der Waals surface area contributed by atoms with E-state index >= 15 is 0 Å². The lowest BCUT2D eigenvalue weighted by Gasteiger charge is -2.06. The fourth-order valence-corrected chi connectivity index (χ4v) is 1.34. The lowest BCUT2D eigenvalue weighted by atomic mass is 10.4. The molecule has 1 rings (SSSR count). The van der Waals surface area contributed by atoms with Gasteiger partial charge in [0.1, 0.15) is 0 Å². The maximum Gasteiger partial charge on any atom is 0.276 e. The Bertz CT molecular complexity index is 79.7. The summed E-state index contributed by atoms with van der Waals surface area (Å²) >= 11 is 0. The van der Waals surface area contributed by atoms with Crippen LogP contribution in [0.2, 0.25) is 6.04 Å². The van der Waals surface area contributed by atoms with Crippen LogP contribution in [0, 0.1) is 0 Å². The molecule has 1 aliphatic heterocycles. The van der Waals surface area contributed by atoms with Crippen LogP contribution in [-0.2, 0) is 8.99 Å². The molecular weight excluding hydrogens is 171 g/mol. The Balaban J connectivity index is 0.000000180. The molecule has 4 nitrogen and oxygen atoms in total. The van der Waals surface area contributed by atoms with Gasteiger partial charge in [-0.15, -0.1) is 0 Å². The number of hydrogen-bond acceptors (Lipinski definition) is 4. The maximum atomic E-state index is 8.48. The lowest BCUT2D eigenvalue weighted by molar-refractivity contribution is -0.297. The van der Waals surface area contributed by atoms with Crippen LogP contribution in [0.1, 0.15) is 12.8 Å². The van der Waals surface area contributed by atoms with Crippen LogP contribution in [0.4, 0.5) is 0 Å². The monoisotopic (exact) mass is 179 g/mol. The highest BCUT2D eigenvalue weighted by molar-refractivity contribution is 7.27. The maximum absolute atomic E-state index is 8.48. The van der Waals surface area contributed by atoms with E-state index in [2.05, 4.69) is 0 Å². The van der Waals surface area contributed by atoms with Crippen LogP contribution in [0.5, 0.6) is 0 Å². The van der Waals surface area contributed by atoms with Gasteiger partial charge in [0.05, 0.1) is 0 Å². The van der Waals surface area contributed by atoms with Crippen LogP contribution in [-0.4, -0.2) is 16.4 Å². The summed E-state index contributed by atoms with van der Waals surface area (Å²) in [6.45, 7) is 1.01. The van der Waals surface area contributed by atoms with E-state index in [1.54, 1.807) is 0 Å². The van der Waals surface area contributed by atoms with Gasteiger partial charge in [0.25, 0.3) is 8.25 Å². The molecule has 1 aliphatic rings. The molecule has 0 aromatic rings. The molecule has 0 unspecified atom stereocenters. The zero-order valence-corrected chi connectivity index (χ0v) is 7.30. The van der Waals surface area contributed by atoms with Gasteiger partial charge in [0, 0.05) is 6.61 Å². The molecule has 2 radical (unpaired) electrons. The predicted molar refractivity (Wildman–Crippen MR) is 33.4 cm³/mol. The normalized spacial score (nSPS) is 17.0. The van der Waals surface area contributed by atoms with E-state index in [0.29, 0.717) is 0 Å². The average molecular weight is 179 g/mol. The second kappa shape index (κ2) is 7.31. The van der Waals surface area contributed by atoms with Crippen molar-refractivity contribution in [2.75, 3.05) is 6.61 Å². The smallest absolute Gasteiger partial charge is 0.276 e. The Hall–Kier alpha value is 0.197. The van der Waals surface area contributed by atoms with E-state index in [-0.39, 0.29) is 0 Å². The minimum Gasteiger partial charge on any atom is -0.598 e. The third-order valence-corrected chi connectivity index (χ3v) is 1.84. The highest BCUT2D eigenvalue weighted by Crippen LogP contribution is 2.01. The van der Waals surface area contributed by atoms with Crippen LogP contribution in [0.3, 0.4) is 0 Å². The minimum absolute atomic E-state index is 0.802. The van der Waals surface area contributed by atoms with Gasteiger partial charge in [-0.2, -0.15) is 0 Å². The highest BCUT2D eigenvalue weighted by Gasteiger charge is 1.97. The fourth-order valence-electron chi connectivity index (χ4n) is 0.516. The first-order valence-corrected chi connectivity index (χ1v) is 5.10. The van der Waals surface area contributed by atoms with Crippen molar-refractivity contribution >= 4 is 18.0 Å². The molecule has 0 aliphatic carbocycles. The van der Waals surface area contributed by atoms with E-state index in [0.717, 1.165) is 16.4 Å². The Kier molecular flexibility index (Phi) is 7.45. The molecule has 0 aromatic heterocycles. The first kappa shape index (κ1) is 10.2. The third-order valence-electron chi connectivity index (χ3n) is 0.877. The van der Waals surface area contributed by atoms with Gasteiger partial charge in [-0.1, -0.05) is 11.0 Å². The van der Waals surface area contributed by atoms with Crippen LogP contribution < -0.4 is 9.79 Å². The molecule has 0 atom stereocenters. The number of hydrogen-bond donors (Lipinski definition) is 0. The molecule has 0 amide bonds. The molecule has 0 spiro atoms. The molecular formula is C4H8O4PSi-. The van der Waals surface area contributed by atoms with E-state index < -0.39 is 8.25 Å². The summed E-state index contributed by atoms with van der Waals surface area (Å²) in [6, 6.07) is 1.31. The van der Waals surface area contributed by atoms with Gasteiger partial charge in [-0.3, -0.25) is 0 Å².